The quantitative estimate of drug-likeness (QED) is 0.0337. The molecule has 0 aliphatic heterocycles. The Labute approximate surface area is 400 Å². The fraction of sp³-hybridized carbons (Fsp3) is 0.525. The highest BCUT2D eigenvalue weighted by Crippen LogP contribution is 2.19. The lowest BCUT2D eigenvalue weighted by Crippen LogP contribution is -2.62. The van der Waals surface area contributed by atoms with Gasteiger partial charge in [-0.05, 0) is 37.3 Å². The fourth-order valence-corrected chi connectivity index (χ4v) is 6.77. The fourth-order valence-electron chi connectivity index (χ4n) is 6.26. The maximum atomic E-state index is 13.6. The SMILES string of the molecule is CC(C)C(NC(=O)C(CC(N)=O)NC(=O)C(CS)NC(=O)C(CCC(N)=O)NC(=O)C(CO)NC(=O)C(N)Cc1c[nH]c2ccccc12)C(=O)NC(C(=O)NC(CS)C(=O)NCC(=O)O)C(C)O. The van der Waals surface area contributed by atoms with Crippen molar-refractivity contribution < 1.29 is 68.1 Å². The van der Waals surface area contributed by atoms with Gasteiger partial charge in [-0.1, -0.05) is 32.0 Å². The van der Waals surface area contributed by atoms with E-state index in [4.69, 9.17) is 22.3 Å². The minimum atomic E-state index is -1.80. The van der Waals surface area contributed by atoms with Crippen molar-refractivity contribution in [1.29, 1.82) is 0 Å². The van der Waals surface area contributed by atoms with Gasteiger partial charge in [0.1, 0.15) is 48.8 Å². The largest absolute Gasteiger partial charge is 0.480 e. The molecule has 18 N–H and O–H groups in total. The summed E-state index contributed by atoms with van der Waals surface area (Å²) in [5.41, 5.74) is 18.3. The molecule has 0 spiro atoms. The molecular weight excluding hydrogens is 937 g/mol. The summed E-state index contributed by atoms with van der Waals surface area (Å²) in [6.07, 6.45) is -1.60. The van der Waals surface area contributed by atoms with Gasteiger partial charge in [0, 0.05) is 35.0 Å². The van der Waals surface area contributed by atoms with Crippen LogP contribution in [0.4, 0.5) is 0 Å². The Morgan fingerprint density at radius 2 is 1.15 bits per heavy atom. The van der Waals surface area contributed by atoms with Crippen molar-refractivity contribution in [1.82, 2.24) is 47.5 Å². The number of para-hydroxylation sites is 1. The Kier molecular flexibility index (Phi) is 23.7. The standard InChI is InChI=1S/C40H60N12O14S2/c1-17(2)31(39(65)52-32(18(3)54)40(66)50-26(15-67)34(60)45-13-30(57)58)51-36(62)24(11-29(43)56)47-38(64)27(16-68)49-35(61)23(8-9-28(42)55)46-37(63)25(14-53)48-33(59)21(41)10-19-12-44-22-7-5-4-6-20(19)22/h4-7,12,17-18,21,23-27,31-32,44,53-54,67-68H,8-11,13-16,41H2,1-3H3,(H2,42,55)(H2,43,56)(H,45,60)(H,46,63)(H,47,64)(H,48,59)(H,49,61)(H,50,66)(H,51,62)(H,52,65)(H,57,58). The topological polar surface area (TPSA) is 439 Å². The Morgan fingerprint density at radius 1 is 0.647 bits per heavy atom. The first-order chi connectivity index (χ1) is 31.9. The zero-order valence-corrected chi connectivity index (χ0v) is 39.1. The third-order valence-electron chi connectivity index (χ3n) is 9.97. The number of aliphatic carboxylic acids is 1. The lowest BCUT2D eigenvalue weighted by molar-refractivity contribution is -0.139. The van der Waals surface area contributed by atoms with E-state index in [0.29, 0.717) is 5.56 Å². The summed E-state index contributed by atoms with van der Waals surface area (Å²) < 4.78 is 0. The van der Waals surface area contributed by atoms with E-state index in [1.54, 1.807) is 12.3 Å². The predicted octanol–water partition coefficient (Wildman–Crippen LogP) is -6.34. The zero-order chi connectivity index (χ0) is 51.4. The van der Waals surface area contributed by atoms with Crippen LogP contribution in [0.1, 0.15) is 45.6 Å². The molecule has 2 aromatic rings. The Hall–Kier alpha value is -6.49. The second-order valence-corrected chi connectivity index (χ2v) is 16.5. The molecule has 28 heteroatoms. The van der Waals surface area contributed by atoms with Crippen LogP contribution in [0.15, 0.2) is 30.5 Å². The van der Waals surface area contributed by atoms with Gasteiger partial charge in [-0.2, -0.15) is 25.3 Å². The molecular formula is C40H60N12O14S2. The van der Waals surface area contributed by atoms with Crippen molar-refractivity contribution >= 4 is 101 Å². The zero-order valence-electron chi connectivity index (χ0n) is 37.3. The van der Waals surface area contributed by atoms with E-state index in [0.717, 1.165) is 17.8 Å². The summed E-state index contributed by atoms with van der Waals surface area (Å²) >= 11 is 8.08. The lowest BCUT2D eigenvalue weighted by atomic mass is 10.0. The van der Waals surface area contributed by atoms with Gasteiger partial charge in [0.15, 0.2) is 0 Å². The van der Waals surface area contributed by atoms with E-state index in [2.05, 4.69) is 72.8 Å². The summed E-state index contributed by atoms with van der Waals surface area (Å²) in [6, 6.07) is -5.21. The van der Waals surface area contributed by atoms with Crippen LogP contribution in [0.5, 0.6) is 0 Å². The molecule has 0 saturated heterocycles. The highest BCUT2D eigenvalue weighted by molar-refractivity contribution is 7.80. The van der Waals surface area contributed by atoms with Gasteiger partial charge in [0.05, 0.1) is 25.2 Å². The van der Waals surface area contributed by atoms with Crippen molar-refractivity contribution in [2.75, 3.05) is 24.7 Å². The highest BCUT2D eigenvalue weighted by Gasteiger charge is 2.36. The van der Waals surface area contributed by atoms with E-state index in [-0.39, 0.29) is 12.2 Å². The minimum absolute atomic E-state index is 0.0498. The normalized spacial score (nSPS) is 15.1. The summed E-state index contributed by atoms with van der Waals surface area (Å²) in [6.45, 7) is 2.37. The maximum Gasteiger partial charge on any atom is 0.322 e. The number of primary amides is 2. The number of nitrogens with two attached hydrogens (primary N) is 3. The number of hydrogen-bond acceptors (Lipinski definition) is 16. The number of carbonyl (C=O) groups is 11. The third kappa shape index (κ3) is 18.3. The van der Waals surface area contributed by atoms with E-state index >= 15 is 0 Å². The van der Waals surface area contributed by atoms with Crippen molar-refractivity contribution in [3.63, 3.8) is 0 Å². The average Bonchev–Trinajstić information content (AvgIpc) is 3.68. The minimum Gasteiger partial charge on any atom is -0.480 e. The second kappa shape index (κ2) is 28.0. The molecule has 0 fully saturated rings. The van der Waals surface area contributed by atoms with Crippen LogP contribution in [0.25, 0.3) is 10.9 Å². The number of fused-ring (bicyclic) bond motifs is 1. The smallest absolute Gasteiger partial charge is 0.322 e. The first-order valence-corrected chi connectivity index (χ1v) is 22.2. The van der Waals surface area contributed by atoms with Gasteiger partial charge in [-0.25, -0.2) is 0 Å². The number of aliphatic hydroxyl groups is 2. The molecule has 1 aromatic heterocycles. The number of thiol groups is 2. The Morgan fingerprint density at radius 3 is 1.71 bits per heavy atom. The average molecular weight is 997 g/mol. The van der Waals surface area contributed by atoms with E-state index in [9.17, 15) is 63.0 Å². The summed E-state index contributed by atoms with van der Waals surface area (Å²) in [4.78, 5) is 144. The second-order valence-electron chi connectivity index (χ2n) is 15.8. The van der Waals surface area contributed by atoms with Crippen molar-refractivity contribution in [2.24, 2.45) is 23.1 Å². The van der Waals surface area contributed by atoms with Crippen molar-refractivity contribution in [3.8, 4) is 0 Å². The van der Waals surface area contributed by atoms with Crippen LogP contribution in [0.3, 0.4) is 0 Å². The number of H-pyrrole nitrogens is 1. The van der Waals surface area contributed by atoms with Crippen LogP contribution in [-0.2, 0) is 59.2 Å². The molecule has 10 amide bonds. The van der Waals surface area contributed by atoms with E-state index < -0.39 is 164 Å². The third-order valence-corrected chi connectivity index (χ3v) is 10.7. The summed E-state index contributed by atoms with van der Waals surface area (Å²) in [7, 11) is 0. The number of benzene rings is 1. The van der Waals surface area contributed by atoms with Gasteiger partial charge in [0.25, 0.3) is 0 Å². The number of hydrogen-bond donors (Lipinski definition) is 17. The number of carboxylic acid groups (broad SMARTS) is 1. The maximum absolute atomic E-state index is 13.6. The number of aliphatic hydroxyl groups excluding tert-OH is 2. The van der Waals surface area contributed by atoms with Crippen LogP contribution in [0, 0.1) is 5.92 Å². The van der Waals surface area contributed by atoms with Crippen molar-refractivity contribution in [3.05, 3.63) is 36.0 Å². The molecule has 26 nitrogen and oxygen atoms in total. The van der Waals surface area contributed by atoms with Gasteiger partial charge in [-0.3, -0.25) is 52.7 Å². The summed E-state index contributed by atoms with van der Waals surface area (Å²) in [5.74, 6) is -13.2. The van der Waals surface area contributed by atoms with E-state index in [1.165, 1.54) is 13.8 Å². The number of aromatic nitrogens is 1. The van der Waals surface area contributed by atoms with Crippen molar-refractivity contribution in [2.45, 2.75) is 101 Å². The predicted molar refractivity (Wildman–Crippen MR) is 248 cm³/mol. The molecule has 0 bridgehead atoms. The molecule has 1 heterocycles. The van der Waals surface area contributed by atoms with Gasteiger partial charge >= 0.3 is 5.97 Å². The number of amides is 10. The van der Waals surface area contributed by atoms with Gasteiger partial charge in [0.2, 0.25) is 59.1 Å². The van der Waals surface area contributed by atoms with Crippen LogP contribution in [-0.4, -0.2) is 164 Å². The number of carboxylic acids is 1. The van der Waals surface area contributed by atoms with Crippen LogP contribution >= 0.6 is 25.3 Å². The first kappa shape index (κ1) is 57.6. The Bertz CT molecular complexity index is 2160. The molecule has 9 atom stereocenters. The molecule has 0 aliphatic rings. The monoisotopic (exact) mass is 996 g/mol. The molecule has 0 radical (unpaired) electrons. The van der Waals surface area contributed by atoms with Crippen LogP contribution < -0.4 is 59.7 Å². The molecule has 9 unspecified atom stereocenters. The number of nitrogens with one attached hydrogen (secondary N) is 9. The number of carbonyl (C=O) groups excluding carboxylic acids is 10. The lowest BCUT2D eigenvalue weighted by Gasteiger charge is -2.29. The Balaban J connectivity index is 2.20. The molecule has 0 aliphatic carbocycles. The highest BCUT2D eigenvalue weighted by atomic mass is 32.1. The first-order valence-electron chi connectivity index (χ1n) is 20.9. The number of aromatic amines is 1. The number of rotatable bonds is 29. The summed E-state index contributed by atoms with van der Waals surface area (Å²) in [5, 5.41) is 48.1. The molecule has 2 rings (SSSR count). The van der Waals surface area contributed by atoms with Crippen LogP contribution in [0.2, 0.25) is 0 Å². The van der Waals surface area contributed by atoms with Gasteiger partial charge < -0.3 is 80.0 Å². The van der Waals surface area contributed by atoms with E-state index in [1.807, 2.05) is 18.2 Å². The molecule has 376 valence electrons. The van der Waals surface area contributed by atoms with Gasteiger partial charge in [-0.15, -0.1) is 0 Å². The molecule has 68 heavy (non-hydrogen) atoms. The molecule has 0 saturated carbocycles. The molecule has 1 aromatic carbocycles.